The molecule has 9 nitrogen and oxygen atoms in total. The number of methoxy groups -OCH3 is 1. The van der Waals surface area contributed by atoms with Gasteiger partial charge in [-0.25, -0.2) is 9.63 Å². The van der Waals surface area contributed by atoms with Crippen LogP contribution in [0.2, 0.25) is 0 Å². The van der Waals surface area contributed by atoms with Gasteiger partial charge in [0.25, 0.3) is 10.0 Å². The molecule has 0 aliphatic rings. The monoisotopic (exact) mass is 455 g/mol. The topological polar surface area (TPSA) is 116 Å². The number of sulfonamides is 1. The third-order valence-corrected chi connectivity index (χ3v) is 5.36. The Labute approximate surface area is 185 Å². The van der Waals surface area contributed by atoms with Gasteiger partial charge in [0, 0.05) is 12.4 Å². The van der Waals surface area contributed by atoms with Crippen LogP contribution in [0, 0.1) is 0 Å². The molecule has 2 aromatic carbocycles. The van der Waals surface area contributed by atoms with Gasteiger partial charge in [0.05, 0.1) is 30.4 Å². The van der Waals surface area contributed by atoms with E-state index in [9.17, 15) is 13.2 Å². The van der Waals surface area contributed by atoms with Gasteiger partial charge >= 0.3 is 5.97 Å². The van der Waals surface area contributed by atoms with E-state index in [1.54, 1.807) is 42.6 Å². The smallest absolute Gasteiger partial charge is 0.345 e. The van der Waals surface area contributed by atoms with Crippen molar-refractivity contribution in [3.05, 3.63) is 78.1 Å². The molecule has 0 saturated carbocycles. The number of pyridine rings is 1. The zero-order valence-corrected chi connectivity index (χ0v) is 18.2. The average molecular weight is 455 g/mol. The van der Waals surface area contributed by atoms with Crippen LogP contribution in [0.4, 0.5) is 0 Å². The number of hydrogen-bond donors (Lipinski definition) is 1. The minimum absolute atomic E-state index is 0.0494. The summed E-state index contributed by atoms with van der Waals surface area (Å²) in [4.78, 5) is 18.3. The van der Waals surface area contributed by atoms with Gasteiger partial charge in [0.1, 0.15) is 5.75 Å². The van der Waals surface area contributed by atoms with Crippen LogP contribution in [0.25, 0.3) is 0 Å². The summed E-state index contributed by atoms with van der Waals surface area (Å²) in [6.07, 6.45) is 4.25. The molecule has 32 heavy (non-hydrogen) atoms. The molecule has 1 N–H and O–H groups in total. The second-order valence-corrected chi connectivity index (χ2v) is 7.96. The van der Waals surface area contributed by atoms with Crippen LogP contribution in [0.15, 0.2) is 77.0 Å². The first-order chi connectivity index (χ1) is 15.4. The Morgan fingerprint density at radius 1 is 1.12 bits per heavy atom. The summed E-state index contributed by atoms with van der Waals surface area (Å²) in [6.45, 7) is 2.33. The highest BCUT2D eigenvalue weighted by Gasteiger charge is 2.14. The lowest BCUT2D eigenvalue weighted by molar-refractivity contribution is 0.0729. The number of rotatable bonds is 9. The van der Waals surface area contributed by atoms with Gasteiger partial charge in [-0.1, -0.05) is 0 Å². The second kappa shape index (κ2) is 10.4. The Morgan fingerprint density at radius 3 is 2.56 bits per heavy atom. The minimum atomic E-state index is -3.84. The second-order valence-electron chi connectivity index (χ2n) is 6.30. The highest BCUT2D eigenvalue weighted by atomic mass is 32.2. The summed E-state index contributed by atoms with van der Waals surface area (Å²) >= 11 is 0. The van der Waals surface area contributed by atoms with E-state index in [4.69, 9.17) is 14.2 Å². The Balaban J connectivity index is 1.68. The van der Waals surface area contributed by atoms with E-state index in [-0.39, 0.29) is 16.4 Å². The van der Waals surface area contributed by atoms with Crippen molar-refractivity contribution in [1.82, 2.24) is 9.82 Å². The molecule has 166 valence electrons. The predicted molar refractivity (Wildman–Crippen MR) is 118 cm³/mol. The molecule has 1 heterocycles. The van der Waals surface area contributed by atoms with Gasteiger partial charge in [-0.3, -0.25) is 4.98 Å². The van der Waals surface area contributed by atoms with Crippen LogP contribution in [0.5, 0.6) is 17.2 Å². The number of carbonyl (C=O) groups is 1. The molecule has 0 aliphatic carbocycles. The number of benzene rings is 2. The molecule has 0 aliphatic heterocycles. The van der Waals surface area contributed by atoms with E-state index >= 15 is 0 Å². The molecule has 1 aromatic heterocycles. The van der Waals surface area contributed by atoms with Crippen molar-refractivity contribution in [3.8, 4) is 17.2 Å². The van der Waals surface area contributed by atoms with E-state index in [0.717, 1.165) is 0 Å². The lowest BCUT2D eigenvalue weighted by atomic mass is 10.2. The van der Waals surface area contributed by atoms with Gasteiger partial charge in [-0.2, -0.15) is 13.5 Å². The fourth-order valence-corrected chi connectivity index (χ4v) is 3.39. The largest absolute Gasteiger partial charge is 0.494 e. The van der Waals surface area contributed by atoms with Gasteiger partial charge in [-0.05, 0) is 67.1 Å². The summed E-state index contributed by atoms with van der Waals surface area (Å²) in [5.41, 5.74) is 0.821. The van der Waals surface area contributed by atoms with Gasteiger partial charge < -0.3 is 14.2 Å². The summed E-state index contributed by atoms with van der Waals surface area (Å²) in [5.74, 6) is 0.473. The number of esters is 1. The first kappa shape index (κ1) is 22.8. The molecular weight excluding hydrogens is 434 g/mol. The number of aromatic nitrogens is 1. The van der Waals surface area contributed by atoms with Crippen molar-refractivity contribution < 1.29 is 27.4 Å². The lowest BCUT2D eigenvalue weighted by Crippen LogP contribution is -2.18. The number of hydrazone groups is 1. The first-order valence-corrected chi connectivity index (χ1v) is 11.0. The molecule has 0 atom stereocenters. The van der Waals surface area contributed by atoms with Crippen molar-refractivity contribution in [2.75, 3.05) is 13.7 Å². The fourth-order valence-electron chi connectivity index (χ4n) is 2.60. The average Bonchev–Trinajstić information content (AvgIpc) is 2.81. The zero-order chi connectivity index (χ0) is 23.0. The normalized spacial score (nSPS) is 11.2. The molecular formula is C22H21N3O6S. The quantitative estimate of drug-likeness (QED) is 0.228. The van der Waals surface area contributed by atoms with E-state index in [1.165, 1.54) is 37.7 Å². The van der Waals surface area contributed by atoms with E-state index in [0.29, 0.717) is 23.5 Å². The molecule has 0 unspecified atom stereocenters. The Morgan fingerprint density at radius 2 is 1.91 bits per heavy atom. The Bertz CT molecular complexity index is 1200. The molecule has 0 amide bonds. The number of nitrogens with one attached hydrogen (secondary N) is 1. The minimum Gasteiger partial charge on any atom is -0.494 e. The van der Waals surface area contributed by atoms with Crippen LogP contribution in [-0.4, -0.2) is 39.3 Å². The standard InChI is InChI=1S/C22H21N3O6S/c1-3-30-18-7-9-19(10-8-18)32(27,28)25-24-14-16-6-11-20(21(13-16)29-2)31-22(26)17-5-4-12-23-15-17/h4-15,25H,3H2,1-2H3/b24-14-. The van der Waals surface area contributed by atoms with E-state index in [1.807, 2.05) is 6.92 Å². The molecule has 0 fully saturated rings. The number of nitrogens with zero attached hydrogens (tertiary/aromatic N) is 2. The van der Waals surface area contributed by atoms with Gasteiger partial charge in [0.2, 0.25) is 0 Å². The summed E-state index contributed by atoms with van der Waals surface area (Å²) < 4.78 is 40.7. The van der Waals surface area contributed by atoms with Crippen molar-refractivity contribution in [3.63, 3.8) is 0 Å². The molecule has 0 spiro atoms. The molecule has 0 saturated heterocycles. The van der Waals surface area contributed by atoms with E-state index < -0.39 is 16.0 Å². The van der Waals surface area contributed by atoms with Gasteiger partial charge in [-0.15, -0.1) is 0 Å². The van der Waals surface area contributed by atoms with Crippen molar-refractivity contribution >= 4 is 22.2 Å². The third-order valence-electron chi connectivity index (χ3n) is 4.12. The number of hydrogen-bond acceptors (Lipinski definition) is 8. The predicted octanol–water partition coefficient (Wildman–Crippen LogP) is 3.02. The molecule has 10 heteroatoms. The van der Waals surface area contributed by atoms with Crippen molar-refractivity contribution in [2.24, 2.45) is 5.10 Å². The summed E-state index contributed by atoms with van der Waals surface area (Å²) in [6, 6.07) is 13.9. The maximum Gasteiger partial charge on any atom is 0.345 e. The van der Waals surface area contributed by atoms with Gasteiger partial charge in [0.15, 0.2) is 11.5 Å². The van der Waals surface area contributed by atoms with Crippen molar-refractivity contribution in [2.45, 2.75) is 11.8 Å². The SMILES string of the molecule is CCOc1ccc(S(=O)(=O)N/N=C\c2ccc(OC(=O)c3cccnc3)c(OC)c2)cc1. The lowest BCUT2D eigenvalue weighted by Gasteiger charge is -2.10. The highest BCUT2D eigenvalue weighted by Crippen LogP contribution is 2.28. The zero-order valence-electron chi connectivity index (χ0n) is 17.4. The molecule has 3 rings (SSSR count). The van der Waals surface area contributed by atoms with Crippen LogP contribution >= 0.6 is 0 Å². The Hall–Kier alpha value is -3.92. The fraction of sp³-hybridized carbons (Fsp3) is 0.136. The number of ether oxygens (including phenoxy) is 3. The highest BCUT2D eigenvalue weighted by molar-refractivity contribution is 7.89. The van der Waals surface area contributed by atoms with Crippen molar-refractivity contribution in [1.29, 1.82) is 0 Å². The van der Waals surface area contributed by atoms with E-state index in [2.05, 4.69) is 14.9 Å². The number of carbonyl (C=O) groups excluding carboxylic acids is 1. The Kier molecular flexibility index (Phi) is 7.40. The maximum atomic E-state index is 12.4. The molecule has 3 aromatic rings. The summed E-state index contributed by atoms with van der Waals surface area (Å²) in [5, 5.41) is 3.80. The van der Waals surface area contributed by atoms with Crippen LogP contribution in [-0.2, 0) is 10.0 Å². The van der Waals surface area contributed by atoms with Crippen LogP contribution in [0.1, 0.15) is 22.8 Å². The maximum absolute atomic E-state index is 12.4. The van der Waals surface area contributed by atoms with Crippen LogP contribution in [0.3, 0.4) is 0 Å². The molecule has 0 bridgehead atoms. The third kappa shape index (κ3) is 5.82. The summed E-state index contributed by atoms with van der Waals surface area (Å²) in [7, 11) is -2.42. The molecule has 0 radical (unpaired) electrons. The first-order valence-electron chi connectivity index (χ1n) is 9.51. The van der Waals surface area contributed by atoms with Crippen LogP contribution < -0.4 is 19.0 Å².